The molecule has 0 unspecified atom stereocenters. The second-order valence-corrected chi connectivity index (χ2v) is 8.26. The molecule has 2 aliphatic rings. The van der Waals surface area contributed by atoms with Crippen LogP contribution in [-0.2, 0) is 22.6 Å². The SMILES string of the molecule is COc1ccc(F)cc1C[NH+]1CCN(C(=O)Cc2ccc(N3CCCC3=O)cc2)CC1. The molecule has 0 aromatic heterocycles. The summed E-state index contributed by atoms with van der Waals surface area (Å²) in [4.78, 5) is 29.7. The summed E-state index contributed by atoms with van der Waals surface area (Å²) in [7, 11) is 1.60. The second kappa shape index (κ2) is 9.47. The van der Waals surface area contributed by atoms with Gasteiger partial charge in [-0.05, 0) is 42.3 Å². The largest absolute Gasteiger partial charge is 0.496 e. The van der Waals surface area contributed by atoms with Crippen molar-refractivity contribution in [3.05, 3.63) is 59.4 Å². The summed E-state index contributed by atoms with van der Waals surface area (Å²) >= 11 is 0. The molecule has 1 N–H and O–H groups in total. The predicted octanol–water partition coefficient (Wildman–Crippen LogP) is 1.43. The van der Waals surface area contributed by atoms with Gasteiger partial charge in [-0.1, -0.05) is 12.1 Å². The minimum atomic E-state index is -0.260. The zero-order chi connectivity index (χ0) is 21.8. The molecule has 0 saturated carbocycles. The van der Waals surface area contributed by atoms with E-state index < -0.39 is 0 Å². The Kier molecular flexibility index (Phi) is 6.51. The molecule has 2 saturated heterocycles. The van der Waals surface area contributed by atoms with Gasteiger partial charge in [-0.3, -0.25) is 9.59 Å². The molecule has 0 radical (unpaired) electrons. The van der Waals surface area contributed by atoms with Crippen molar-refractivity contribution in [1.82, 2.24) is 4.90 Å². The van der Waals surface area contributed by atoms with Crippen LogP contribution in [-0.4, -0.2) is 56.5 Å². The van der Waals surface area contributed by atoms with Crippen LogP contribution < -0.4 is 14.5 Å². The zero-order valence-electron chi connectivity index (χ0n) is 17.9. The maximum Gasteiger partial charge on any atom is 0.227 e. The Hall–Kier alpha value is -2.93. The first-order chi connectivity index (χ1) is 15.0. The van der Waals surface area contributed by atoms with Gasteiger partial charge >= 0.3 is 0 Å². The van der Waals surface area contributed by atoms with E-state index in [1.807, 2.05) is 29.2 Å². The maximum atomic E-state index is 13.6. The van der Waals surface area contributed by atoms with E-state index in [0.29, 0.717) is 38.2 Å². The first-order valence-electron chi connectivity index (χ1n) is 10.9. The van der Waals surface area contributed by atoms with Gasteiger partial charge in [0.05, 0.1) is 45.3 Å². The van der Waals surface area contributed by atoms with Crippen molar-refractivity contribution in [3.63, 3.8) is 0 Å². The fourth-order valence-corrected chi connectivity index (χ4v) is 4.41. The summed E-state index contributed by atoms with van der Waals surface area (Å²) in [5.74, 6) is 0.725. The van der Waals surface area contributed by atoms with Crippen LogP contribution in [0.1, 0.15) is 24.0 Å². The molecule has 0 atom stereocenters. The van der Waals surface area contributed by atoms with Crippen LogP contribution in [0.25, 0.3) is 0 Å². The van der Waals surface area contributed by atoms with Crippen molar-refractivity contribution < 1.29 is 23.6 Å². The maximum absolute atomic E-state index is 13.6. The number of ether oxygens (including phenoxy) is 1. The fraction of sp³-hybridized carbons (Fsp3) is 0.417. The number of nitrogens with one attached hydrogen (secondary N) is 1. The highest BCUT2D eigenvalue weighted by atomic mass is 19.1. The number of piperazine rings is 1. The highest BCUT2D eigenvalue weighted by Gasteiger charge is 2.25. The molecule has 2 heterocycles. The smallest absolute Gasteiger partial charge is 0.227 e. The molecule has 2 aromatic rings. The van der Waals surface area contributed by atoms with E-state index in [2.05, 4.69) is 0 Å². The van der Waals surface area contributed by atoms with Gasteiger partial charge < -0.3 is 19.4 Å². The summed E-state index contributed by atoms with van der Waals surface area (Å²) in [6, 6.07) is 12.3. The van der Waals surface area contributed by atoms with Gasteiger partial charge in [0.15, 0.2) is 0 Å². The Bertz CT molecular complexity index is 940. The molecule has 2 aromatic carbocycles. The molecule has 164 valence electrons. The number of rotatable bonds is 6. The quantitative estimate of drug-likeness (QED) is 0.761. The number of benzene rings is 2. The van der Waals surface area contributed by atoms with Gasteiger partial charge in [-0.15, -0.1) is 0 Å². The Morgan fingerprint density at radius 1 is 1.10 bits per heavy atom. The van der Waals surface area contributed by atoms with Crippen LogP contribution in [0.5, 0.6) is 5.75 Å². The van der Waals surface area contributed by atoms with E-state index in [1.165, 1.54) is 17.0 Å². The Balaban J connectivity index is 1.28. The molecular weight excluding hydrogens is 397 g/mol. The second-order valence-electron chi connectivity index (χ2n) is 8.26. The average Bonchev–Trinajstić information content (AvgIpc) is 3.21. The molecule has 2 fully saturated rings. The van der Waals surface area contributed by atoms with Gasteiger partial charge in [0, 0.05) is 18.7 Å². The summed E-state index contributed by atoms with van der Waals surface area (Å²) < 4.78 is 19.0. The van der Waals surface area contributed by atoms with E-state index in [0.717, 1.165) is 42.9 Å². The van der Waals surface area contributed by atoms with E-state index in [1.54, 1.807) is 18.1 Å². The summed E-state index contributed by atoms with van der Waals surface area (Å²) in [6.45, 7) is 4.46. The minimum absolute atomic E-state index is 0.118. The molecule has 6 nitrogen and oxygen atoms in total. The van der Waals surface area contributed by atoms with Crippen molar-refractivity contribution in [2.24, 2.45) is 0 Å². The summed E-state index contributed by atoms with van der Waals surface area (Å²) in [5, 5.41) is 0. The van der Waals surface area contributed by atoms with Crippen LogP contribution in [0, 0.1) is 5.82 Å². The minimum Gasteiger partial charge on any atom is -0.496 e. The lowest BCUT2D eigenvalue weighted by Crippen LogP contribution is -3.13. The fourth-order valence-electron chi connectivity index (χ4n) is 4.41. The third-order valence-corrected chi connectivity index (χ3v) is 6.18. The molecule has 0 spiro atoms. The molecule has 0 aliphatic carbocycles. The molecule has 31 heavy (non-hydrogen) atoms. The number of quaternary nitrogens is 1. The number of carbonyl (C=O) groups excluding carboxylic acids is 2. The topological polar surface area (TPSA) is 54.3 Å². The highest BCUT2D eigenvalue weighted by molar-refractivity contribution is 5.95. The van der Waals surface area contributed by atoms with Crippen molar-refractivity contribution in [1.29, 1.82) is 0 Å². The predicted molar refractivity (Wildman–Crippen MR) is 116 cm³/mol. The number of halogens is 1. The summed E-state index contributed by atoms with van der Waals surface area (Å²) in [5.41, 5.74) is 2.72. The number of nitrogens with zero attached hydrogens (tertiary/aromatic N) is 2. The Morgan fingerprint density at radius 2 is 1.84 bits per heavy atom. The van der Waals surface area contributed by atoms with E-state index in [9.17, 15) is 14.0 Å². The number of amides is 2. The van der Waals surface area contributed by atoms with Gasteiger partial charge in [-0.2, -0.15) is 0 Å². The van der Waals surface area contributed by atoms with Crippen LogP contribution in [0.3, 0.4) is 0 Å². The van der Waals surface area contributed by atoms with E-state index in [-0.39, 0.29) is 17.6 Å². The van der Waals surface area contributed by atoms with Crippen LogP contribution in [0.15, 0.2) is 42.5 Å². The standard InChI is InChI=1S/C24H28FN3O3/c1-31-22-9-6-20(25)16-19(22)17-26-11-13-27(14-12-26)24(30)15-18-4-7-21(8-5-18)28-10-2-3-23(28)29/h4-9,16H,2-3,10-15,17H2,1H3/p+1. The van der Waals surface area contributed by atoms with Gasteiger partial charge in [0.2, 0.25) is 11.8 Å². The number of anilines is 1. The zero-order valence-corrected chi connectivity index (χ0v) is 17.9. The number of methoxy groups -OCH3 is 1. The van der Waals surface area contributed by atoms with Crippen molar-refractivity contribution in [2.75, 3.05) is 44.7 Å². The number of hydrogen-bond donors (Lipinski definition) is 1. The lowest BCUT2D eigenvalue weighted by Gasteiger charge is -2.32. The highest BCUT2D eigenvalue weighted by Crippen LogP contribution is 2.22. The molecule has 7 heteroatoms. The third-order valence-electron chi connectivity index (χ3n) is 6.18. The molecule has 2 amide bonds. The third kappa shape index (κ3) is 5.05. The number of carbonyl (C=O) groups is 2. The van der Waals surface area contributed by atoms with Crippen molar-refractivity contribution >= 4 is 17.5 Å². The van der Waals surface area contributed by atoms with E-state index in [4.69, 9.17) is 4.74 Å². The van der Waals surface area contributed by atoms with Crippen LogP contribution in [0.2, 0.25) is 0 Å². The number of hydrogen-bond acceptors (Lipinski definition) is 3. The normalized spacial score (nSPS) is 17.3. The molecule has 0 bridgehead atoms. The van der Waals surface area contributed by atoms with Crippen molar-refractivity contribution in [3.8, 4) is 5.75 Å². The first-order valence-corrected chi connectivity index (χ1v) is 10.9. The lowest BCUT2D eigenvalue weighted by molar-refractivity contribution is -0.917. The van der Waals surface area contributed by atoms with Crippen LogP contribution in [0.4, 0.5) is 10.1 Å². The first kappa shape index (κ1) is 21.3. The molecule has 4 rings (SSSR count). The summed E-state index contributed by atoms with van der Waals surface area (Å²) in [6.07, 6.45) is 1.88. The lowest BCUT2D eigenvalue weighted by atomic mass is 10.1. The van der Waals surface area contributed by atoms with Gasteiger partial charge in [0.1, 0.15) is 18.1 Å². The average molecular weight is 427 g/mol. The molecule has 2 aliphatic heterocycles. The Morgan fingerprint density at radius 3 is 2.48 bits per heavy atom. The van der Waals surface area contributed by atoms with Gasteiger partial charge in [-0.25, -0.2) is 4.39 Å². The monoisotopic (exact) mass is 426 g/mol. The van der Waals surface area contributed by atoms with Crippen LogP contribution >= 0.6 is 0 Å². The van der Waals surface area contributed by atoms with Crippen molar-refractivity contribution in [2.45, 2.75) is 25.8 Å². The van der Waals surface area contributed by atoms with E-state index >= 15 is 0 Å². The van der Waals surface area contributed by atoms with Gasteiger partial charge in [0.25, 0.3) is 0 Å². The Labute approximate surface area is 182 Å². The molecular formula is C24H29FN3O3+.